The van der Waals surface area contributed by atoms with Gasteiger partial charge in [0.1, 0.15) is 0 Å². The van der Waals surface area contributed by atoms with Crippen LogP contribution in [0.15, 0.2) is 0 Å². The number of nitrogens with one attached hydrogen (secondary N) is 1. The van der Waals surface area contributed by atoms with Gasteiger partial charge in [0.15, 0.2) is 0 Å². The number of carbonyl (C=O) groups excluding carboxylic acids is 1. The predicted molar refractivity (Wildman–Crippen MR) is 70.2 cm³/mol. The van der Waals surface area contributed by atoms with Crippen LogP contribution in [-0.2, 0) is 4.79 Å². The highest BCUT2D eigenvalue weighted by atomic mass is 19.3. The number of hydrogen-bond acceptors (Lipinski definition) is 2. The third-order valence-electron chi connectivity index (χ3n) is 4.37. The molecule has 1 amide bonds. The van der Waals surface area contributed by atoms with Crippen molar-refractivity contribution in [1.29, 1.82) is 0 Å². The van der Waals surface area contributed by atoms with E-state index in [2.05, 4.69) is 12.2 Å². The van der Waals surface area contributed by atoms with Gasteiger partial charge in [-0.3, -0.25) is 4.79 Å². The van der Waals surface area contributed by atoms with Crippen molar-refractivity contribution in [2.45, 2.75) is 57.4 Å². The molecule has 0 spiro atoms. The molecule has 1 aliphatic heterocycles. The topological polar surface area (TPSA) is 32.3 Å². The summed E-state index contributed by atoms with van der Waals surface area (Å²) in [4.78, 5) is 14.2. The Morgan fingerprint density at radius 2 is 1.79 bits per heavy atom. The summed E-state index contributed by atoms with van der Waals surface area (Å²) in [6.45, 7) is 4.57. The molecule has 0 unspecified atom stereocenters. The first-order valence-corrected chi connectivity index (χ1v) is 7.42. The van der Waals surface area contributed by atoms with Crippen LogP contribution in [0.5, 0.6) is 0 Å². The SMILES string of the molecule is CCNC1CCN(C(=O)C2CCC(F)(F)CC2)CC1. The molecular formula is C14H24F2N2O. The number of alkyl halides is 2. The van der Waals surface area contributed by atoms with Crippen LogP contribution in [0.25, 0.3) is 0 Å². The van der Waals surface area contributed by atoms with Crippen molar-refractivity contribution in [3.05, 3.63) is 0 Å². The van der Waals surface area contributed by atoms with E-state index in [1.165, 1.54) is 0 Å². The van der Waals surface area contributed by atoms with Crippen LogP contribution in [-0.4, -0.2) is 42.4 Å². The Balaban J connectivity index is 1.78. The summed E-state index contributed by atoms with van der Waals surface area (Å²) in [5.74, 6) is -2.62. The molecule has 1 N–H and O–H groups in total. The van der Waals surface area contributed by atoms with Crippen molar-refractivity contribution in [3.8, 4) is 0 Å². The van der Waals surface area contributed by atoms with Crippen molar-refractivity contribution in [2.24, 2.45) is 5.92 Å². The molecule has 1 saturated carbocycles. The first-order chi connectivity index (χ1) is 9.02. The lowest BCUT2D eigenvalue weighted by Crippen LogP contribution is -2.47. The average molecular weight is 274 g/mol. The molecule has 110 valence electrons. The maximum Gasteiger partial charge on any atom is 0.248 e. The summed E-state index contributed by atoms with van der Waals surface area (Å²) < 4.78 is 26.2. The van der Waals surface area contributed by atoms with Crippen molar-refractivity contribution < 1.29 is 13.6 Å². The first kappa shape index (κ1) is 14.7. The maximum atomic E-state index is 13.1. The molecule has 1 aliphatic carbocycles. The number of carbonyl (C=O) groups is 1. The van der Waals surface area contributed by atoms with Crippen LogP contribution in [0.4, 0.5) is 8.78 Å². The second-order valence-electron chi connectivity index (χ2n) is 5.79. The first-order valence-electron chi connectivity index (χ1n) is 7.42. The van der Waals surface area contributed by atoms with Gasteiger partial charge in [0, 0.05) is 37.9 Å². The third kappa shape index (κ3) is 3.88. The molecule has 0 aromatic rings. The summed E-state index contributed by atoms with van der Waals surface area (Å²) in [5, 5.41) is 3.40. The minimum Gasteiger partial charge on any atom is -0.342 e. The minimum atomic E-state index is -2.55. The highest BCUT2D eigenvalue weighted by molar-refractivity contribution is 5.79. The van der Waals surface area contributed by atoms with Crippen LogP contribution in [0.3, 0.4) is 0 Å². The van der Waals surface area contributed by atoms with Gasteiger partial charge < -0.3 is 10.2 Å². The van der Waals surface area contributed by atoms with Gasteiger partial charge in [0.2, 0.25) is 11.8 Å². The summed E-state index contributed by atoms with van der Waals surface area (Å²) >= 11 is 0. The Bertz CT molecular complexity index is 305. The number of piperidine rings is 1. The van der Waals surface area contributed by atoms with Crippen LogP contribution in [0.2, 0.25) is 0 Å². The second-order valence-corrected chi connectivity index (χ2v) is 5.79. The quantitative estimate of drug-likeness (QED) is 0.857. The molecule has 1 saturated heterocycles. The van der Waals surface area contributed by atoms with Gasteiger partial charge in [-0.2, -0.15) is 0 Å². The van der Waals surface area contributed by atoms with E-state index >= 15 is 0 Å². The zero-order valence-corrected chi connectivity index (χ0v) is 11.6. The number of halogens is 2. The molecule has 2 aliphatic rings. The van der Waals surface area contributed by atoms with E-state index in [4.69, 9.17) is 0 Å². The number of hydrogen-bond donors (Lipinski definition) is 1. The van der Waals surface area contributed by atoms with Crippen LogP contribution in [0.1, 0.15) is 45.4 Å². The molecule has 0 atom stereocenters. The largest absolute Gasteiger partial charge is 0.342 e. The summed E-state index contributed by atoms with van der Waals surface area (Å²) in [7, 11) is 0. The van der Waals surface area contributed by atoms with Crippen LogP contribution < -0.4 is 5.32 Å². The fraction of sp³-hybridized carbons (Fsp3) is 0.929. The zero-order chi connectivity index (χ0) is 13.9. The Labute approximate surface area is 113 Å². The van der Waals surface area contributed by atoms with Gasteiger partial charge in [0.05, 0.1) is 0 Å². The summed E-state index contributed by atoms with van der Waals surface area (Å²) in [6.07, 6.45) is 2.39. The van der Waals surface area contributed by atoms with Gasteiger partial charge >= 0.3 is 0 Å². The third-order valence-corrected chi connectivity index (χ3v) is 4.37. The number of rotatable bonds is 3. The molecule has 1 heterocycles. The van der Waals surface area contributed by atoms with Crippen molar-refractivity contribution in [1.82, 2.24) is 10.2 Å². The van der Waals surface area contributed by atoms with Gasteiger partial charge in [0.25, 0.3) is 0 Å². The van der Waals surface area contributed by atoms with Crippen molar-refractivity contribution in [3.63, 3.8) is 0 Å². The molecule has 5 heteroatoms. The Hall–Kier alpha value is -0.710. The lowest BCUT2D eigenvalue weighted by atomic mass is 9.85. The van der Waals surface area contributed by atoms with E-state index in [1.54, 1.807) is 0 Å². The van der Waals surface area contributed by atoms with E-state index in [1.807, 2.05) is 4.90 Å². The number of amides is 1. The number of nitrogens with zero attached hydrogens (tertiary/aromatic N) is 1. The molecule has 0 aromatic carbocycles. The smallest absolute Gasteiger partial charge is 0.248 e. The van der Waals surface area contributed by atoms with E-state index in [0.29, 0.717) is 18.9 Å². The molecule has 0 bridgehead atoms. The highest BCUT2D eigenvalue weighted by Crippen LogP contribution is 2.37. The molecule has 2 rings (SSSR count). The fourth-order valence-corrected chi connectivity index (χ4v) is 3.14. The summed E-state index contributed by atoms with van der Waals surface area (Å²) in [5.41, 5.74) is 0. The second kappa shape index (κ2) is 6.16. The standard InChI is InChI=1S/C14H24F2N2O/c1-2-17-12-5-9-18(10-6-12)13(19)11-3-7-14(15,16)8-4-11/h11-12,17H,2-10H2,1H3. The lowest BCUT2D eigenvalue weighted by molar-refractivity contribution is -0.140. The van der Waals surface area contributed by atoms with E-state index in [9.17, 15) is 13.6 Å². The molecule has 19 heavy (non-hydrogen) atoms. The number of likely N-dealkylation sites (tertiary alicyclic amines) is 1. The Morgan fingerprint density at radius 3 is 2.32 bits per heavy atom. The lowest BCUT2D eigenvalue weighted by Gasteiger charge is -2.36. The van der Waals surface area contributed by atoms with E-state index in [0.717, 1.165) is 32.5 Å². The van der Waals surface area contributed by atoms with Crippen molar-refractivity contribution >= 4 is 5.91 Å². The van der Waals surface area contributed by atoms with Crippen LogP contribution in [0, 0.1) is 5.92 Å². The maximum absolute atomic E-state index is 13.1. The average Bonchev–Trinajstić information content (AvgIpc) is 2.39. The molecular weight excluding hydrogens is 250 g/mol. The minimum absolute atomic E-state index is 0.102. The zero-order valence-electron chi connectivity index (χ0n) is 11.6. The molecule has 0 aromatic heterocycles. The molecule has 2 fully saturated rings. The Kier molecular flexibility index (Phi) is 4.76. The molecule has 3 nitrogen and oxygen atoms in total. The highest BCUT2D eigenvalue weighted by Gasteiger charge is 2.39. The van der Waals surface area contributed by atoms with Gasteiger partial charge in [-0.15, -0.1) is 0 Å². The van der Waals surface area contributed by atoms with Gasteiger partial charge in [-0.05, 0) is 32.2 Å². The normalized spacial score (nSPS) is 25.5. The predicted octanol–water partition coefficient (Wildman–Crippen LogP) is 2.41. The van der Waals surface area contributed by atoms with Crippen LogP contribution >= 0.6 is 0 Å². The van der Waals surface area contributed by atoms with Gasteiger partial charge in [-0.1, -0.05) is 6.92 Å². The summed E-state index contributed by atoms with van der Waals surface area (Å²) in [6, 6.07) is 0.504. The Morgan fingerprint density at radius 1 is 1.21 bits per heavy atom. The van der Waals surface area contributed by atoms with Gasteiger partial charge in [-0.25, -0.2) is 8.78 Å². The monoisotopic (exact) mass is 274 g/mol. The fourth-order valence-electron chi connectivity index (χ4n) is 3.14. The molecule has 0 radical (unpaired) electrons. The van der Waals surface area contributed by atoms with E-state index in [-0.39, 0.29) is 24.7 Å². The van der Waals surface area contributed by atoms with Crippen molar-refractivity contribution in [2.75, 3.05) is 19.6 Å². The van der Waals surface area contributed by atoms with E-state index < -0.39 is 5.92 Å².